The van der Waals surface area contributed by atoms with E-state index in [2.05, 4.69) is 15.3 Å². The van der Waals surface area contributed by atoms with E-state index in [1.165, 1.54) is 24.5 Å². The molecule has 0 fully saturated rings. The zero-order chi connectivity index (χ0) is 12.1. The summed E-state index contributed by atoms with van der Waals surface area (Å²) in [7, 11) is 0. The summed E-state index contributed by atoms with van der Waals surface area (Å²) in [5, 5.41) is 3.02. The maximum absolute atomic E-state index is 12.7. The molecule has 0 aliphatic rings. The van der Waals surface area contributed by atoms with Crippen molar-refractivity contribution in [3.05, 3.63) is 58.4 Å². The first-order chi connectivity index (χ1) is 8.24. The number of nitrogens with one attached hydrogen (secondary N) is 2. The van der Waals surface area contributed by atoms with Crippen molar-refractivity contribution in [2.24, 2.45) is 0 Å². The Morgan fingerprint density at radius 1 is 1.29 bits per heavy atom. The molecule has 2 N–H and O–H groups in total. The molecule has 2 aromatic rings. The number of hydrogen-bond acceptors (Lipinski definition) is 3. The van der Waals surface area contributed by atoms with Crippen molar-refractivity contribution in [3.63, 3.8) is 0 Å². The fourth-order valence-electron chi connectivity index (χ4n) is 1.45. The van der Waals surface area contributed by atoms with Gasteiger partial charge in [-0.05, 0) is 24.1 Å². The fraction of sp³-hybridized carbons (Fsp3) is 0.167. The van der Waals surface area contributed by atoms with E-state index in [1.807, 2.05) is 0 Å². The maximum Gasteiger partial charge on any atom is 0.252 e. The second kappa shape index (κ2) is 5.25. The summed E-state index contributed by atoms with van der Waals surface area (Å²) in [5.74, 6) is 0.300. The molecular weight excluding hydrogens is 221 g/mol. The number of halogens is 1. The van der Waals surface area contributed by atoms with Crippen LogP contribution in [0.1, 0.15) is 5.56 Å². The highest BCUT2D eigenvalue weighted by Gasteiger charge is 1.96. The van der Waals surface area contributed by atoms with E-state index in [9.17, 15) is 9.18 Å². The fourth-order valence-corrected chi connectivity index (χ4v) is 1.45. The van der Waals surface area contributed by atoms with Gasteiger partial charge in [-0.1, -0.05) is 12.1 Å². The Balaban J connectivity index is 1.87. The SMILES string of the molecule is O=c1cc(NCCc2ccc(F)cc2)nc[nH]1. The largest absolute Gasteiger partial charge is 0.370 e. The van der Waals surface area contributed by atoms with Crippen LogP contribution >= 0.6 is 0 Å². The lowest BCUT2D eigenvalue weighted by Gasteiger charge is -2.04. The first-order valence-corrected chi connectivity index (χ1v) is 5.27. The molecule has 0 amide bonds. The summed E-state index contributed by atoms with van der Waals surface area (Å²) in [4.78, 5) is 17.4. The number of nitrogens with zero attached hydrogens (tertiary/aromatic N) is 1. The van der Waals surface area contributed by atoms with Gasteiger partial charge in [-0.25, -0.2) is 9.37 Å². The first kappa shape index (κ1) is 11.3. The Morgan fingerprint density at radius 2 is 2.06 bits per heavy atom. The van der Waals surface area contributed by atoms with Gasteiger partial charge in [-0.15, -0.1) is 0 Å². The van der Waals surface area contributed by atoms with E-state index in [-0.39, 0.29) is 11.4 Å². The molecule has 0 radical (unpaired) electrons. The molecular formula is C12H12FN3O. The van der Waals surface area contributed by atoms with Crippen LogP contribution in [-0.2, 0) is 6.42 Å². The van der Waals surface area contributed by atoms with Crippen molar-refractivity contribution in [2.45, 2.75) is 6.42 Å². The molecule has 1 aromatic carbocycles. The van der Waals surface area contributed by atoms with Crippen molar-refractivity contribution < 1.29 is 4.39 Å². The van der Waals surface area contributed by atoms with Crippen molar-refractivity contribution in [1.82, 2.24) is 9.97 Å². The standard InChI is InChI=1S/C12H12FN3O/c13-10-3-1-9(2-4-10)5-6-14-11-7-12(17)16-8-15-11/h1-4,7-8H,5-6H2,(H2,14,15,16,17). The van der Waals surface area contributed by atoms with E-state index in [0.717, 1.165) is 12.0 Å². The molecule has 0 unspecified atom stereocenters. The van der Waals surface area contributed by atoms with Crippen LogP contribution in [0.4, 0.5) is 10.2 Å². The minimum atomic E-state index is -0.238. The smallest absolute Gasteiger partial charge is 0.252 e. The normalized spacial score (nSPS) is 10.2. The van der Waals surface area contributed by atoms with Gasteiger partial charge in [0.1, 0.15) is 11.6 Å². The molecule has 1 heterocycles. The van der Waals surface area contributed by atoms with E-state index >= 15 is 0 Å². The van der Waals surface area contributed by atoms with Gasteiger partial charge in [-0.2, -0.15) is 0 Å². The Bertz CT molecular complexity index is 536. The third-order valence-electron chi connectivity index (χ3n) is 2.31. The van der Waals surface area contributed by atoms with Crippen molar-refractivity contribution in [1.29, 1.82) is 0 Å². The monoisotopic (exact) mass is 233 g/mol. The zero-order valence-corrected chi connectivity index (χ0v) is 9.11. The summed E-state index contributed by atoms with van der Waals surface area (Å²) in [6, 6.07) is 7.73. The molecule has 0 aliphatic heterocycles. The first-order valence-electron chi connectivity index (χ1n) is 5.27. The van der Waals surface area contributed by atoms with Gasteiger partial charge in [0.05, 0.1) is 6.33 Å². The number of anilines is 1. The van der Waals surface area contributed by atoms with Crippen LogP contribution in [0.3, 0.4) is 0 Å². The molecule has 0 aliphatic carbocycles. The van der Waals surface area contributed by atoms with Crippen LogP contribution in [0.15, 0.2) is 41.5 Å². The minimum Gasteiger partial charge on any atom is -0.370 e. The van der Waals surface area contributed by atoms with Gasteiger partial charge in [0.25, 0.3) is 5.56 Å². The van der Waals surface area contributed by atoms with Crippen LogP contribution < -0.4 is 10.9 Å². The van der Waals surface area contributed by atoms with Gasteiger partial charge < -0.3 is 10.3 Å². The van der Waals surface area contributed by atoms with Gasteiger partial charge in [0.2, 0.25) is 0 Å². The predicted octanol–water partition coefficient (Wildman–Crippen LogP) is 1.56. The van der Waals surface area contributed by atoms with Gasteiger partial charge in [0, 0.05) is 12.6 Å². The van der Waals surface area contributed by atoms with E-state index in [4.69, 9.17) is 0 Å². The average Bonchev–Trinajstić information content (AvgIpc) is 2.32. The second-order valence-electron chi connectivity index (χ2n) is 3.60. The Kier molecular flexibility index (Phi) is 3.49. The molecule has 4 nitrogen and oxygen atoms in total. The lowest BCUT2D eigenvalue weighted by molar-refractivity contribution is 0.627. The van der Waals surface area contributed by atoms with Gasteiger partial charge >= 0.3 is 0 Å². The molecule has 5 heteroatoms. The summed E-state index contributed by atoms with van der Waals surface area (Å²) in [6.45, 7) is 0.641. The number of benzene rings is 1. The van der Waals surface area contributed by atoms with Crippen LogP contribution in [-0.4, -0.2) is 16.5 Å². The summed E-state index contributed by atoms with van der Waals surface area (Å²) in [6.07, 6.45) is 2.09. The second-order valence-corrected chi connectivity index (χ2v) is 3.60. The molecule has 88 valence electrons. The van der Waals surface area contributed by atoms with Crippen molar-refractivity contribution >= 4 is 5.82 Å². The number of H-pyrrole nitrogens is 1. The molecule has 0 bridgehead atoms. The number of rotatable bonds is 4. The maximum atomic E-state index is 12.7. The van der Waals surface area contributed by atoms with Gasteiger partial charge in [0.15, 0.2) is 0 Å². The lowest BCUT2D eigenvalue weighted by Crippen LogP contribution is -2.11. The Labute approximate surface area is 97.5 Å². The average molecular weight is 233 g/mol. The highest BCUT2D eigenvalue weighted by molar-refractivity contribution is 5.32. The van der Waals surface area contributed by atoms with Crippen molar-refractivity contribution in [2.75, 3.05) is 11.9 Å². The molecule has 0 saturated carbocycles. The molecule has 17 heavy (non-hydrogen) atoms. The zero-order valence-electron chi connectivity index (χ0n) is 9.11. The number of aromatic amines is 1. The highest BCUT2D eigenvalue weighted by Crippen LogP contribution is 2.04. The van der Waals surface area contributed by atoms with E-state index in [0.29, 0.717) is 12.4 Å². The van der Waals surface area contributed by atoms with Crippen LogP contribution in [0.2, 0.25) is 0 Å². The van der Waals surface area contributed by atoms with E-state index < -0.39 is 0 Å². The topological polar surface area (TPSA) is 57.8 Å². The molecule has 2 rings (SSSR count). The Hall–Kier alpha value is -2.17. The molecule has 1 aromatic heterocycles. The van der Waals surface area contributed by atoms with Crippen LogP contribution in [0.25, 0.3) is 0 Å². The quantitative estimate of drug-likeness (QED) is 0.842. The minimum absolute atomic E-state index is 0.190. The molecule has 0 saturated heterocycles. The van der Waals surface area contributed by atoms with Crippen molar-refractivity contribution in [3.8, 4) is 0 Å². The highest BCUT2D eigenvalue weighted by atomic mass is 19.1. The summed E-state index contributed by atoms with van der Waals surface area (Å²) < 4.78 is 12.7. The number of hydrogen-bond donors (Lipinski definition) is 2. The van der Waals surface area contributed by atoms with Crippen LogP contribution in [0.5, 0.6) is 0 Å². The van der Waals surface area contributed by atoms with E-state index in [1.54, 1.807) is 12.1 Å². The summed E-state index contributed by atoms with van der Waals surface area (Å²) in [5.41, 5.74) is 0.841. The third kappa shape index (κ3) is 3.41. The lowest BCUT2D eigenvalue weighted by atomic mass is 10.1. The van der Waals surface area contributed by atoms with Crippen LogP contribution in [0, 0.1) is 5.82 Å². The van der Waals surface area contributed by atoms with Gasteiger partial charge in [-0.3, -0.25) is 4.79 Å². The molecule has 0 atom stereocenters. The number of aromatic nitrogens is 2. The Morgan fingerprint density at radius 3 is 2.76 bits per heavy atom. The summed E-state index contributed by atoms with van der Waals surface area (Å²) >= 11 is 0. The third-order valence-corrected chi connectivity index (χ3v) is 2.31. The predicted molar refractivity (Wildman–Crippen MR) is 63.5 cm³/mol. The molecule has 0 spiro atoms.